The quantitative estimate of drug-likeness (QED) is 0.787. The van der Waals surface area contributed by atoms with E-state index >= 15 is 0 Å². The Morgan fingerprint density at radius 3 is 3.27 bits per heavy atom. The Morgan fingerprint density at radius 2 is 2.40 bits per heavy atom. The molecular weight excluding hydrogens is 206 g/mol. The molecule has 2 heterocycles. The minimum Gasteiger partial charge on any atom is -0.371 e. The standard InChI is InChI=1S/C11H15N3S/c1-15-9-3-6-12-10-4-2-5-11-13-7-8-14(10)11/h2,4-5,7-8,12H,3,6,9H2,1H3. The number of fused-ring (bicyclic) bond motifs is 1. The van der Waals surface area contributed by atoms with E-state index in [1.807, 2.05) is 36.3 Å². The first-order valence-corrected chi connectivity index (χ1v) is 6.46. The van der Waals surface area contributed by atoms with Crippen LogP contribution in [-0.4, -0.2) is 27.9 Å². The highest BCUT2D eigenvalue weighted by Crippen LogP contribution is 2.10. The Bertz CT molecular complexity index is 424. The third-order valence-electron chi connectivity index (χ3n) is 2.26. The Labute approximate surface area is 93.9 Å². The van der Waals surface area contributed by atoms with Crippen molar-refractivity contribution in [2.45, 2.75) is 6.42 Å². The smallest absolute Gasteiger partial charge is 0.138 e. The number of thioether (sulfide) groups is 1. The number of rotatable bonds is 5. The Kier molecular flexibility index (Phi) is 3.50. The summed E-state index contributed by atoms with van der Waals surface area (Å²) in [6.45, 7) is 1.01. The third kappa shape index (κ3) is 2.45. The molecule has 0 atom stereocenters. The van der Waals surface area contributed by atoms with Gasteiger partial charge in [-0.1, -0.05) is 6.07 Å². The van der Waals surface area contributed by atoms with Crippen molar-refractivity contribution in [2.75, 3.05) is 23.9 Å². The summed E-state index contributed by atoms with van der Waals surface area (Å²) in [6.07, 6.45) is 7.12. The van der Waals surface area contributed by atoms with Crippen LogP contribution in [0.1, 0.15) is 6.42 Å². The van der Waals surface area contributed by atoms with Gasteiger partial charge in [0.2, 0.25) is 0 Å². The van der Waals surface area contributed by atoms with Gasteiger partial charge in [0.15, 0.2) is 0 Å². The maximum absolute atomic E-state index is 4.24. The summed E-state index contributed by atoms with van der Waals surface area (Å²) in [6, 6.07) is 6.11. The maximum atomic E-state index is 4.24. The fourth-order valence-corrected chi connectivity index (χ4v) is 1.96. The molecule has 1 N–H and O–H groups in total. The van der Waals surface area contributed by atoms with Gasteiger partial charge in [-0.05, 0) is 30.6 Å². The molecule has 3 nitrogen and oxygen atoms in total. The van der Waals surface area contributed by atoms with Crippen molar-refractivity contribution in [1.82, 2.24) is 9.38 Å². The van der Waals surface area contributed by atoms with Crippen LogP contribution in [0.5, 0.6) is 0 Å². The van der Waals surface area contributed by atoms with Gasteiger partial charge in [0.1, 0.15) is 11.5 Å². The number of pyridine rings is 1. The number of aromatic nitrogens is 2. The number of anilines is 1. The summed E-state index contributed by atoms with van der Waals surface area (Å²) in [5, 5.41) is 3.42. The van der Waals surface area contributed by atoms with E-state index in [9.17, 15) is 0 Å². The van der Waals surface area contributed by atoms with Gasteiger partial charge in [0.25, 0.3) is 0 Å². The van der Waals surface area contributed by atoms with E-state index in [0.29, 0.717) is 0 Å². The van der Waals surface area contributed by atoms with Crippen molar-refractivity contribution in [1.29, 1.82) is 0 Å². The highest BCUT2D eigenvalue weighted by molar-refractivity contribution is 7.98. The van der Waals surface area contributed by atoms with Gasteiger partial charge in [-0.25, -0.2) is 4.98 Å². The second-order valence-electron chi connectivity index (χ2n) is 3.34. The molecule has 0 saturated heterocycles. The molecule has 0 bridgehead atoms. The number of nitrogens with zero attached hydrogens (tertiary/aromatic N) is 2. The lowest BCUT2D eigenvalue weighted by Gasteiger charge is -2.07. The first kappa shape index (κ1) is 10.4. The molecule has 80 valence electrons. The molecule has 15 heavy (non-hydrogen) atoms. The average molecular weight is 221 g/mol. The van der Waals surface area contributed by atoms with Crippen LogP contribution in [-0.2, 0) is 0 Å². The molecule has 0 aliphatic carbocycles. The zero-order valence-corrected chi connectivity index (χ0v) is 9.63. The van der Waals surface area contributed by atoms with Gasteiger partial charge in [-0.15, -0.1) is 0 Å². The van der Waals surface area contributed by atoms with E-state index in [0.717, 1.165) is 18.0 Å². The van der Waals surface area contributed by atoms with Crippen LogP contribution in [0.25, 0.3) is 5.65 Å². The molecule has 0 unspecified atom stereocenters. The summed E-state index contributed by atoms with van der Waals surface area (Å²) in [5.74, 6) is 2.32. The number of nitrogens with one attached hydrogen (secondary N) is 1. The number of hydrogen-bond donors (Lipinski definition) is 1. The molecule has 0 aliphatic heterocycles. The van der Waals surface area contributed by atoms with Crippen molar-refractivity contribution in [3.05, 3.63) is 30.6 Å². The van der Waals surface area contributed by atoms with Gasteiger partial charge in [-0.3, -0.25) is 4.40 Å². The van der Waals surface area contributed by atoms with Crippen molar-refractivity contribution in [3.8, 4) is 0 Å². The molecule has 2 aromatic rings. The molecule has 0 saturated carbocycles. The zero-order valence-electron chi connectivity index (χ0n) is 8.81. The largest absolute Gasteiger partial charge is 0.371 e. The summed E-state index contributed by atoms with van der Waals surface area (Å²) >= 11 is 1.88. The van der Waals surface area contributed by atoms with E-state index < -0.39 is 0 Å². The van der Waals surface area contributed by atoms with Crippen LogP contribution >= 0.6 is 11.8 Å². The van der Waals surface area contributed by atoms with Crippen LogP contribution in [0, 0.1) is 0 Å². The Morgan fingerprint density at radius 1 is 1.47 bits per heavy atom. The zero-order chi connectivity index (χ0) is 10.5. The van der Waals surface area contributed by atoms with Crippen LogP contribution in [0.4, 0.5) is 5.82 Å². The molecule has 4 heteroatoms. The minimum absolute atomic E-state index is 0.991. The lowest BCUT2D eigenvalue weighted by atomic mass is 10.4. The minimum atomic E-state index is 0.991. The van der Waals surface area contributed by atoms with Crippen LogP contribution in [0.3, 0.4) is 0 Å². The van der Waals surface area contributed by atoms with Crippen LogP contribution < -0.4 is 5.32 Å². The number of imidazole rings is 1. The first-order valence-electron chi connectivity index (χ1n) is 5.07. The third-order valence-corrected chi connectivity index (χ3v) is 2.96. The normalized spacial score (nSPS) is 10.7. The van der Waals surface area contributed by atoms with Crippen LogP contribution in [0.15, 0.2) is 30.6 Å². The molecule has 0 fully saturated rings. The predicted molar refractivity (Wildman–Crippen MR) is 66.7 cm³/mol. The summed E-state index contributed by atoms with van der Waals surface area (Å²) in [5.41, 5.74) is 0.991. The fourth-order valence-electron chi connectivity index (χ4n) is 1.52. The van der Waals surface area contributed by atoms with Gasteiger partial charge in [-0.2, -0.15) is 11.8 Å². The lowest BCUT2D eigenvalue weighted by Crippen LogP contribution is -2.06. The number of hydrogen-bond acceptors (Lipinski definition) is 3. The van der Waals surface area contributed by atoms with E-state index in [4.69, 9.17) is 0 Å². The summed E-state index contributed by atoms with van der Waals surface area (Å²) < 4.78 is 2.07. The summed E-state index contributed by atoms with van der Waals surface area (Å²) in [7, 11) is 0. The van der Waals surface area contributed by atoms with E-state index in [-0.39, 0.29) is 0 Å². The molecule has 0 amide bonds. The van der Waals surface area contributed by atoms with Gasteiger partial charge < -0.3 is 5.32 Å². The lowest BCUT2D eigenvalue weighted by molar-refractivity contribution is 0.972. The second-order valence-corrected chi connectivity index (χ2v) is 4.33. The molecule has 0 radical (unpaired) electrons. The monoisotopic (exact) mass is 221 g/mol. The van der Waals surface area contributed by atoms with Crippen molar-refractivity contribution < 1.29 is 0 Å². The molecule has 0 spiro atoms. The topological polar surface area (TPSA) is 29.3 Å². The van der Waals surface area contributed by atoms with Gasteiger partial charge >= 0.3 is 0 Å². The van der Waals surface area contributed by atoms with Gasteiger partial charge in [0, 0.05) is 18.9 Å². The Balaban J connectivity index is 2.04. The van der Waals surface area contributed by atoms with E-state index in [1.165, 1.54) is 12.2 Å². The van der Waals surface area contributed by atoms with Crippen molar-refractivity contribution >= 4 is 23.2 Å². The molecule has 0 aromatic carbocycles. The predicted octanol–water partition coefficient (Wildman–Crippen LogP) is 2.50. The fraction of sp³-hybridized carbons (Fsp3) is 0.364. The van der Waals surface area contributed by atoms with E-state index in [1.54, 1.807) is 0 Å². The maximum Gasteiger partial charge on any atom is 0.138 e. The molecule has 2 aromatic heterocycles. The first-order chi connectivity index (χ1) is 7.42. The van der Waals surface area contributed by atoms with Crippen molar-refractivity contribution in [2.24, 2.45) is 0 Å². The molecular formula is C11H15N3S. The SMILES string of the molecule is CSCCCNc1cccc2nccn12. The molecule has 2 rings (SSSR count). The molecule has 0 aliphatic rings. The second kappa shape index (κ2) is 5.07. The summed E-state index contributed by atoms with van der Waals surface area (Å²) in [4.78, 5) is 4.24. The van der Waals surface area contributed by atoms with Crippen LogP contribution in [0.2, 0.25) is 0 Å². The van der Waals surface area contributed by atoms with Gasteiger partial charge in [0.05, 0.1) is 0 Å². The highest BCUT2D eigenvalue weighted by Gasteiger charge is 1.98. The Hall–Kier alpha value is -1.16. The van der Waals surface area contributed by atoms with Crippen molar-refractivity contribution in [3.63, 3.8) is 0 Å². The highest BCUT2D eigenvalue weighted by atomic mass is 32.2. The van der Waals surface area contributed by atoms with E-state index in [2.05, 4.69) is 27.0 Å². The average Bonchev–Trinajstić information content (AvgIpc) is 2.73.